The molecule has 1 N–H and O–H groups in total. The smallest absolute Gasteiger partial charge is 0.0323 e. The Balaban J connectivity index is 2.18. The van der Waals surface area contributed by atoms with E-state index in [1.54, 1.807) is 0 Å². The predicted molar refractivity (Wildman–Crippen MR) is 91.7 cm³/mol. The van der Waals surface area contributed by atoms with Crippen molar-refractivity contribution in [1.82, 2.24) is 5.32 Å². The van der Waals surface area contributed by atoms with Gasteiger partial charge in [0.1, 0.15) is 0 Å². The van der Waals surface area contributed by atoms with Gasteiger partial charge < -0.3 is 5.32 Å². The Bertz CT molecular complexity index is 552. The molecule has 2 aromatic rings. The summed E-state index contributed by atoms with van der Waals surface area (Å²) in [5.41, 5.74) is 4.46. The fourth-order valence-electron chi connectivity index (χ4n) is 2.89. The molecule has 2 rings (SSSR count). The van der Waals surface area contributed by atoms with Crippen LogP contribution in [0.3, 0.4) is 0 Å². The van der Waals surface area contributed by atoms with Gasteiger partial charge in [0.25, 0.3) is 0 Å². The van der Waals surface area contributed by atoms with E-state index in [0.29, 0.717) is 6.04 Å². The number of hydrogen-bond acceptors (Lipinski definition) is 1. The summed E-state index contributed by atoms with van der Waals surface area (Å²) in [5.74, 6) is 0. The highest BCUT2D eigenvalue weighted by molar-refractivity contribution is 5.35. The summed E-state index contributed by atoms with van der Waals surface area (Å²) >= 11 is 0. The van der Waals surface area contributed by atoms with E-state index in [0.717, 1.165) is 12.8 Å². The van der Waals surface area contributed by atoms with Gasteiger partial charge in [0.05, 0.1) is 0 Å². The van der Waals surface area contributed by atoms with Crippen molar-refractivity contribution in [3.05, 3.63) is 71.3 Å². The second kappa shape index (κ2) is 6.91. The molecule has 1 nitrogen and oxygen atoms in total. The zero-order valence-electron chi connectivity index (χ0n) is 13.7. The molecule has 1 atom stereocenters. The van der Waals surface area contributed by atoms with Crippen molar-refractivity contribution in [3.63, 3.8) is 0 Å². The molecule has 0 spiro atoms. The molecule has 0 heterocycles. The maximum absolute atomic E-state index is 3.50. The topological polar surface area (TPSA) is 12.0 Å². The first kappa shape index (κ1) is 15.8. The Kier molecular flexibility index (Phi) is 5.19. The summed E-state index contributed by atoms with van der Waals surface area (Å²) < 4.78 is 0. The van der Waals surface area contributed by atoms with Crippen molar-refractivity contribution in [3.8, 4) is 0 Å². The fourth-order valence-corrected chi connectivity index (χ4v) is 2.89. The Morgan fingerprint density at radius 3 is 2.14 bits per heavy atom. The minimum atomic E-state index is 0.179. The SMILES string of the molecule is CNC(CCc1ccccc1)c1ccccc1C(C)(C)C. The molecule has 2 aromatic carbocycles. The van der Waals surface area contributed by atoms with E-state index in [1.807, 2.05) is 0 Å². The van der Waals surface area contributed by atoms with Crippen LogP contribution in [0.15, 0.2) is 54.6 Å². The number of aryl methyl sites for hydroxylation is 1. The average Bonchev–Trinajstić information content (AvgIpc) is 2.48. The normalized spacial score (nSPS) is 13.1. The van der Waals surface area contributed by atoms with Crippen LogP contribution >= 0.6 is 0 Å². The van der Waals surface area contributed by atoms with Crippen molar-refractivity contribution in [1.29, 1.82) is 0 Å². The molecule has 0 aliphatic carbocycles. The third-order valence-electron chi connectivity index (χ3n) is 4.06. The molecule has 0 aliphatic rings. The molecule has 1 heteroatoms. The lowest BCUT2D eigenvalue weighted by molar-refractivity contribution is 0.516. The first-order valence-electron chi connectivity index (χ1n) is 7.83. The average molecular weight is 281 g/mol. The Labute approximate surface area is 129 Å². The molecule has 0 aromatic heterocycles. The fraction of sp³-hybridized carbons (Fsp3) is 0.400. The molecule has 0 bridgehead atoms. The summed E-state index contributed by atoms with van der Waals surface area (Å²) in [5, 5.41) is 3.50. The monoisotopic (exact) mass is 281 g/mol. The molecule has 0 saturated heterocycles. The van der Waals surface area contributed by atoms with E-state index in [9.17, 15) is 0 Å². The van der Waals surface area contributed by atoms with Gasteiger partial charge in [0.2, 0.25) is 0 Å². The quantitative estimate of drug-likeness (QED) is 0.824. The van der Waals surface area contributed by atoms with Crippen LogP contribution in [-0.4, -0.2) is 7.05 Å². The molecule has 1 unspecified atom stereocenters. The highest BCUT2D eigenvalue weighted by Gasteiger charge is 2.21. The lowest BCUT2D eigenvalue weighted by Crippen LogP contribution is -2.23. The van der Waals surface area contributed by atoms with Gasteiger partial charge in [-0.1, -0.05) is 75.4 Å². The highest BCUT2D eigenvalue weighted by Crippen LogP contribution is 2.31. The Morgan fingerprint density at radius 2 is 1.52 bits per heavy atom. The second-order valence-corrected chi connectivity index (χ2v) is 6.70. The number of rotatable bonds is 5. The van der Waals surface area contributed by atoms with Crippen molar-refractivity contribution >= 4 is 0 Å². The van der Waals surface area contributed by atoms with Crippen LogP contribution in [0, 0.1) is 0 Å². The van der Waals surface area contributed by atoms with Crippen LogP contribution in [0.2, 0.25) is 0 Å². The lowest BCUT2D eigenvalue weighted by Gasteiger charge is -2.27. The van der Waals surface area contributed by atoms with Gasteiger partial charge in [-0.05, 0) is 42.0 Å². The van der Waals surface area contributed by atoms with E-state index in [2.05, 4.69) is 87.7 Å². The minimum Gasteiger partial charge on any atom is -0.313 e. The van der Waals surface area contributed by atoms with E-state index in [-0.39, 0.29) is 5.41 Å². The van der Waals surface area contributed by atoms with Gasteiger partial charge in [-0.15, -0.1) is 0 Å². The lowest BCUT2D eigenvalue weighted by atomic mass is 9.81. The van der Waals surface area contributed by atoms with Crippen LogP contribution in [0.4, 0.5) is 0 Å². The summed E-state index contributed by atoms with van der Waals surface area (Å²) in [6, 6.07) is 20.0. The first-order chi connectivity index (χ1) is 10.0. The minimum absolute atomic E-state index is 0.179. The third-order valence-corrected chi connectivity index (χ3v) is 4.06. The van der Waals surface area contributed by atoms with Crippen molar-refractivity contribution in [2.24, 2.45) is 0 Å². The molecule has 0 amide bonds. The van der Waals surface area contributed by atoms with Crippen molar-refractivity contribution < 1.29 is 0 Å². The van der Waals surface area contributed by atoms with Crippen LogP contribution in [0.25, 0.3) is 0 Å². The van der Waals surface area contributed by atoms with Crippen molar-refractivity contribution in [2.75, 3.05) is 7.05 Å². The van der Waals surface area contributed by atoms with E-state index >= 15 is 0 Å². The van der Waals surface area contributed by atoms with Crippen LogP contribution in [0.1, 0.15) is 49.9 Å². The number of benzene rings is 2. The second-order valence-electron chi connectivity index (χ2n) is 6.70. The molecular weight excluding hydrogens is 254 g/mol. The molecule has 21 heavy (non-hydrogen) atoms. The van der Waals surface area contributed by atoms with Gasteiger partial charge in [-0.3, -0.25) is 0 Å². The van der Waals surface area contributed by atoms with Gasteiger partial charge in [0, 0.05) is 6.04 Å². The zero-order valence-corrected chi connectivity index (χ0v) is 13.7. The summed E-state index contributed by atoms with van der Waals surface area (Å²) in [6.07, 6.45) is 2.22. The molecule has 0 radical (unpaired) electrons. The summed E-state index contributed by atoms with van der Waals surface area (Å²) in [7, 11) is 2.06. The first-order valence-corrected chi connectivity index (χ1v) is 7.83. The van der Waals surface area contributed by atoms with Gasteiger partial charge in [0.15, 0.2) is 0 Å². The zero-order chi connectivity index (χ0) is 15.3. The van der Waals surface area contributed by atoms with Crippen LogP contribution in [-0.2, 0) is 11.8 Å². The van der Waals surface area contributed by atoms with Crippen LogP contribution in [0.5, 0.6) is 0 Å². The Hall–Kier alpha value is -1.60. The van der Waals surface area contributed by atoms with Crippen molar-refractivity contribution in [2.45, 2.75) is 45.1 Å². The third kappa shape index (κ3) is 4.18. The number of hydrogen-bond donors (Lipinski definition) is 1. The molecular formula is C20H27N. The highest BCUT2D eigenvalue weighted by atomic mass is 14.9. The van der Waals surface area contributed by atoms with Gasteiger partial charge in [-0.25, -0.2) is 0 Å². The maximum atomic E-state index is 3.50. The summed E-state index contributed by atoms with van der Waals surface area (Å²) in [4.78, 5) is 0. The summed E-state index contributed by atoms with van der Waals surface area (Å²) in [6.45, 7) is 6.86. The number of nitrogens with one attached hydrogen (secondary N) is 1. The van der Waals surface area contributed by atoms with E-state index in [1.165, 1.54) is 16.7 Å². The van der Waals surface area contributed by atoms with Gasteiger partial charge in [-0.2, -0.15) is 0 Å². The van der Waals surface area contributed by atoms with E-state index in [4.69, 9.17) is 0 Å². The van der Waals surface area contributed by atoms with Gasteiger partial charge >= 0.3 is 0 Å². The van der Waals surface area contributed by atoms with Crippen LogP contribution < -0.4 is 5.32 Å². The molecule has 112 valence electrons. The van der Waals surface area contributed by atoms with E-state index < -0.39 is 0 Å². The molecule has 0 saturated carbocycles. The Morgan fingerprint density at radius 1 is 0.905 bits per heavy atom. The molecule has 0 aliphatic heterocycles. The molecule has 0 fully saturated rings. The largest absolute Gasteiger partial charge is 0.313 e. The predicted octanol–water partition coefficient (Wildman–Crippen LogP) is 4.88. The maximum Gasteiger partial charge on any atom is 0.0323 e. The standard InChI is InChI=1S/C20H27N/c1-20(2,3)18-13-9-8-12-17(18)19(21-4)15-14-16-10-6-5-7-11-16/h5-13,19,21H,14-15H2,1-4H3.